The van der Waals surface area contributed by atoms with Crippen LogP contribution in [0.25, 0.3) is 16.9 Å². The largest absolute Gasteiger partial charge is 0.368 e. The van der Waals surface area contributed by atoms with Crippen LogP contribution in [0.5, 0.6) is 0 Å². The third-order valence-electron chi connectivity index (χ3n) is 3.22. The van der Waals surface area contributed by atoms with Crippen LogP contribution in [-0.4, -0.2) is 15.8 Å². The molecule has 0 saturated heterocycles. The second kappa shape index (κ2) is 5.83. The Morgan fingerprint density at radius 1 is 0.905 bits per heavy atom. The second-order valence-electron chi connectivity index (χ2n) is 5.33. The fraction of sp³-hybridized carbons (Fsp3) is 0.167. The van der Waals surface area contributed by atoms with E-state index in [1.807, 2.05) is 41.1 Å². The number of hydrogen-bond acceptors (Lipinski definition) is 2. The smallest absolute Gasteiger partial charge is 0.130 e. The topological polar surface area (TPSA) is 29.9 Å². The van der Waals surface area contributed by atoms with Crippen LogP contribution in [0.2, 0.25) is 0 Å². The molecule has 1 heterocycles. The van der Waals surface area contributed by atoms with E-state index in [-0.39, 0.29) is 0 Å². The van der Waals surface area contributed by atoms with Crippen molar-refractivity contribution in [1.29, 1.82) is 0 Å². The Balaban J connectivity index is 2.07. The highest BCUT2D eigenvalue weighted by atomic mass is 15.3. The molecular weight excluding hydrogens is 258 g/mol. The summed E-state index contributed by atoms with van der Waals surface area (Å²) in [6.45, 7) is 4.26. The standard InChI is InChI=1S/C18H19N3/c1-14(2)19-18-13-17(15-9-5-3-6-10-15)20-21(18)16-11-7-4-8-12-16/h3-14,19H,1-2H3. The maximum absolute atomic E-state index is 4.76. The minimum Gasteiger partial charge on any atom is -0.368 e. The van der Waals surface area contributed by atoms with Crippen LogP contribution in [-0.2, 0) is 0 Å². The number of aromatic nitrogens is 2. The van der Waals surface area contributed by atoms with Gasteiger partial charge in [-0.05, 0) is 26.0 Å². The van der Waals surface area contributed by atoms with Crippen LogP contribution >= 0.6 is 0 Å². The van der Waals surface area contributed by atoms with E-state index in [0.717, 1.165) is 22.8 Å². The van der Waals surface area contributed by atoms with Crippen molar-refractivity contribution in [3.8, 4) is 16.9 Å². The van der Waals surface area contributed by atoms with Gasteiger partial charge < -0.3 is 5.32 Å². The van der Waals surface area contributed by atoms with E-state index in [4.69, 9.17) is 5.10 Å². The summed E-state index contributed by atoms with van der Waals surface area (Å²) in [5.74, 6) is 1.01. The van der Waals surface area contributed by atoms with Crippen molar-refractivity contribution >= 4 is 5.82 Å². The highest BCUT2D eigenvalue weighted by Crippen LogP contribution is 2.24. The van der Waals surface area contributed by atoms with E-state index in [1.54, 1.807) is 0 Å². The van der Waals surface area contributed by atoms with E-state index in [1.165, 1.54) is 0 Å². The molecule has 0 bridgehead atoms. The van der Waals surface area contributed by atoms with Crippen LogP contribution in [0.15, 0.2) is 66.7 Å². The van der Waals surface area contributed by atoms with Gasteiger partial charge in [-0.3, -0.25) is 0 Å². The Kier molecular flexibility index (Phi) is 3.73. The quantitative estimate of drug-likeness (QED) is 0.768. The lowest BCUT2D eigenvalue weighted by molar-refractivity contribution is 0.833. The van der Waals surface area contributed by atoms with Gasteiger partial charge in [-0.15, -0.1) is 0 Å². The van der Waals surface area contributed by atoms with Crippen LogP contribution in [0, 0.1) is 0 Å². The zero-order valence-electron chi connectivity index (χ0n) is 12.3. The molecular formula is C18H19N3. The summed E-state index contributed by atoms with van der Waals surface area (Å²) in [4.78, 5) is 0. The van der Waals surface area contributed by atoms with Gasteiger partial charge in [0.15, 0.2) is 0 Å². The summed E-state index contributed by atoms with van der Waals surface area (Å²) < 4.78 is 1.96. The molecule has 106 valence electrons. The maximum Gasteiger partial charge on any atom is 0.130 e. The van der Waals surface area contributed by atoms with Crippen molar-refractivity contribution in [2.45, 2.75) is 19.9 Å². The molecule has 3 heteroatoms. The van der Waals surface area contributed by atoms with E-state index < -0.39 is 0 Å². The summed E-state index contributed by atoms with van der Waals surface area (Å²) >= 11 is 0. The SMILES string of the molecule is CC(C)Nc1cc(-c2ccccc2)nn1-c1ccccc1. The number of hydrogen-bond donors (Lipinski definition) is 1. The van der Waals surface area contributed by atoms with Gasteiger partial charge in [0.25, 0.3) is 0 Å². The number of rotatable bonds is 4. The van der Waals surface area contributed by atoms with E-state index in [9.17, 15) is 0 Å². The molecule has 3 nitrogen and oxygen atoms in total. The zero-order valence-corrected chi connectivity index (χ0v) is 12.3. The van der Waals surface area contributed by atoms with Gasteiger partial charge in [0.2, 0.25) is 0 Å². The predicted octanol–water partition coefficient (Wildman–Crippen LogP) is 4.36. The molecule has 0 spiro atoms. The first kappa shape index (κ1) is 13.4. The normalized spacial score (nSPS) is 10.8. The Bertz CT molecular complexity index is 700. The molecule has 21 heavy (non-hydrogen) atoms. The van der Waals surface area contributed by atoms with Crippen molar-refractivity contribution in [2.24, 2.45) is 0 Å². The Morgan fingerprint density at radius 3 is 2.14 bits per heavy atom. The summed E-state index contributed by atoms with van der Waals surface area (Å²) in [5, 5.41) is 8.22. The van der Waals surface area contributed by atoms with Gasteiger partial charge in [0.05, 0.1) is 11.4 Å². The molecule has 0 aliphatic rings. The highest BCUT2D eigenvalue weighted by Gasteiger charge is 2.11. The molecule has 3 aromatic rings. The van der Waals surface area contributed by atoms with Crippen molar-refractivity contribution in [1.82, 2.24) is 9.78 Å². The van der Waals surface area contributed by atoms with Gasteiger partial charge in [-0.25, -0.2) is 4.68 Å². The minimum absolute atomic E-state index is 0.354. The summed E-state index contributed by atoms with van der Waals surface area (Å²) in [6, 6.07) is 22.9. The van der Waals surface area contributed by atoms with Crippen LogP contribution in [0.4, 0.5) is 5.82 Å². The molecule has 0 aliphatic heterocycles. The van der Waals surface area contributed by atoms with Gasteiger partial charge in [0.1, 0.15) is 5.82 Å². The first-order valence-corrected chi connectivity index (χ1v) is 7.21. The third kappa shape index (κ3) is 2.97. The molecule has 3 rings (SSSR count). The van der Waals surface area contributed by atoms with E-state index in [2.05, 4.69) is 49.5 Å². The lowest BCUT2D eigenvalue weighted by atomic mass is 10.1. The van der Waals surface area contributed by atoms with Gasteiger partial charge in [-0.2, -0.15) is 5.10 Å². The van der Waals surface area contributed by atoms with Crippen LogP contribution in [0.1, 0.15) is 13.8 Å². The molecule has 2 aromatic carbocycles. The molecule has 0 atom stereocenters. The fourth-order valence-corrected chi connectivity index (χ4v) is 2.30. The Hall–Kier alpha value is -2.55. The first-order chi connectivity index (χ1) is 10.2. The van der Waals surface area contributed by atoms with E-state index in [0.29, 0.717) is 6.04 Å². The Morgan fingerprint density at radius 2 is 1.52 bits per heavy atom. The van der Waals surface area contributed by atoms with Crippen molar-refractivity contribution in [2.75, 3.05) is 5.32 Å². The number of anilines is 1. The average Bonchev–Trinajstić information content (AvgIpc) is 2.92. The van der Waals surface area contributed by atoms with E-state index >= 15 is 0 Å². The molecule has 0 amide bonds. The predicted molar refractivity (Wildman–Crippen MR) is 87.8 cm³/mol. The Labute approximate surface area is 125 Å². The maximum atomic E-state index is 4.76. The lowest BCUT2D eigenvalue weighted by Gasteiger charge is -2.11. The molecule has 0 saturated carbocycles. The summed E-state index contributed by atoms with van der Waals surface area (Å²) in [6.07, 6.45) is 0. The minimum atomic E-state index is 0.354. The van der Waals surface area contributed by atoms with Crippen molar-refractivity contribution in [3.63, 3.8) is 0 Å². The van der Waals surface area contributed by atoms with Gasteiger partial charge in [0, 0.05) is 17.7 Å². The number of nitrogens with zero attached hydrogens (tertiary/aromatic N) is 2. The molecule has 0 radical (unpaired) electrons. The third-order valence-corrected chi connectivity index (χ3v) is 3.22. The molecule has 0 unspecified atom stereocenters. The lowest BCUT2D eigenvalue weighted by Crippen LogP contribution is -2.13. The summed E-state index contributed by atoms with van der Waals surface area (Å²) in [5.41, 5.74) is 3.16. The van der Waals surface area contributed by atoms with Crippen LogP contribution < -0.4 is 5.32 Å². The molecule has 0 aliphatic carbocycles. The first-order valence-electron chi connectivity index (χ1n) is 7.21. The van der Waals surface area contributed by atoms with Gasteiger partial charge >= 0.3 is 0 Å². The highest BCUT2D eigenvalue weighted by molar-refractivity contribution is 5.64. The number of nitrogens with one attached hydrogen (secondary N) is 1. The van der Waals surface area contributed by atoms with Crippen LogP contribution in [0.3, 0.4) is 0 Å². The van der Waals surface area contributed by atoms with Gasteiger partial charge in [-0.1, -0.05) is 48.5 Å². The number of para-hydroxylation sites is 1. The molecule has 0 fully saturated rings. The molecule has 1 N–H and O–H groups in total. The molecule has 1 aromatic heterocycles. The second-order valence-corrected chi connectivity index (χ2v) is 5.33. The number of benzene rings is 2. The fourth-order valence-electron chi connectivity index (χ4n) is 2.30. The average molecular weight is 277 g/mol. The zero-order chi connectivity index (χ0) is 14.7. The monoisotopic (exact) mass is 277 g/mol. The van der Waals surface area contributed by atoms with Crippen molar-refractivity contribution in [3.05, 3.63) is 66.7 Å². The van der Waals surface area contributed by atoms with Crippen molar-refractivity contribution < 1.29 is 0 Å². The summed E-state index contributed by atoms with van der Waals surface area (Å²) in [7, 11) is 0.